The van der Waals surface area contributed by atoms with Gasteiger partial charge in [-0.2, -0.15) is 0 Å². The zero-order valence-electron chi connectivity index (χ0n) is 13.7. The van der Waals surface area contributed by atoms with Crippen molar-refractivity contribution < 1.29 is 13.2 Å². The molecule has 2 aliphatic rings. The van der Waals surface area contributed by atoms with E-state index in [9.17, 15) is 8.42 Å². The minimum atomic E-state index is -3.28. The van der Waals surface area contributed by atoms with Crippen LogP contribution in [0.3, 0.4) is 0 Å². The number of sulfonamides is 1. The number of fused-ring (bicyclic) bond motifs is 3. The number of benzene rings is 1. The number of hydrogen-bond acceptors (Lipinski definition) is 5. The third kappa shape index (κ3) is 3.26. The molecule has 1 unspecified atom stereocenters. The average molecular weight is 350 g/mol. The molecule has 1 aromatic carbocycles. The lowest BCUT2D eigenvalue weighted by Crippen LogP contribution is -2.38. The molecule has 1 N–H and O–H groups in total. The van der Waals surface area contributed by atoms with Crippen LogP contribution in [-0.2, 0) is 27.8 Å². The first-order valence-corrected chi connectivity index (χ1v) is 10.2. The van der Waals surface area contributed by atoms with Gasteiger partial charge in [-0.15, -0.1) is 0 Å². The Hall–Kier alpha value is -1.64. The van der Waals surface area contributed by atoms with Gasteiger partial charge in [0.2, 0.25) is 10.0 Å². The van der Waals surface area contributed by atoms with Gasteiger partial charge in [-0.1, -0.05) is 0 Å². The van der Waals surface area contributed by atoms with Crippen LogP contribution in [0.25, 0.3) is 11.0 Å². The highest BCUT2D eigenvalue weighted by Gasteiger charge is 2.24. The first kappa shape index (κ1) is 15.9. The van der Waals surface area contributed by atoms with Crippen molar-refractivity contribution in [3.8, 4) is 0 Å². The summed E-state index contributed by atoms with van der Waals surface area (Å²) in [6, 6.07) is 5.53. The predicted molar refractivity (Wildman–Crippen MR) is 92.5 cm³/mol. The topological polar surface area (TPSA) is 76.5 Å². The summed E-state index contributed by atoms with van der Waals surface area (Å²) in [4.78, 5) is 7.11. The standard InChI is InChI=1S/C16H22N4O3S/c1-24(21,22)18-12-4-5-15-14(9-12)17-16-11-19(6-7-20(15)16)10-13-3-2-8-23-13/h4-5,9,13,18H,2-3,6-8,10-11H2,1H3. The molecule has 0 amide bonds. The van der Waals surface area contributed by atoms with E-state index in [1.54, 1.807) is 12.1 Å². The number of nitrogens with zero attached hydrogens (tertiary/aromatic N) is 3. The van der Waals surface area contributed by atoms with E-state index in [0.29, 0.717) is 11.8 Å². The molecule has 0 saturated carbocycles. The van der Waals surface area contributed by atoms with E-state index < -0.39 is 10.0 Å². The van der Waals surface area contributed by atoms with Crippen molar-refractivity contribution in [2.45, 2.75) is 32.0 Å². The van der Waals surface area contributed by atoms with E-state index in [0.717, 1.165) is 68.7 Å². The van der Waals surface area contributed by atoms with E-state index in [4.69, 9.17) is 9.72 Å². The molecule has 0 aliphatic carbocycles. The monoisotopic (exact) mass is 350 g/mol. The summed E-state index contributed by atoms with van der Waals surface area (Å²) in [7, 11) is -3.28. The fourth-order valence-electron chi connectivity index (χ4n) is 3.58. The highest BCUT2D eigenvalue weighted by atomic mass is 32.2. The van der Waals surface area contributed by atoms with Crippen LogP contribution in [0, 0.1) is 0 Å². The molecule has 0 bridgehead atoms. The summed E-state index contributed by atoms with van der Waals surface area (Å²) in [5.41, 5.74) is 2.44. The Kier molecular flexibility index (Phi) is 3.98. The number of anilines is 1. The predicted octanol–water partition coefficient (Wildman–Crippen LogP) is 1.40. The maximum atomic E-state index is 11.4. The average Bonchev–Trinajstić information content (AvgIpc) is 3.11. The van der Waals surface area contributed by atoms with Crippen molar-refractivity contribution in [1.82, 2.24) is 14.5 Å². The molecule has 24 heavy (non-hydrogen) atoms. The molecule has 7 nitrogen and oxygen atoms in total. The lowest BCUT2D eigenvalue weighted by atomic mass is 10.2. The van der Waals surface area contributed by atoms with Crippen LogP contribution in [0.5, 0.6) is 0 Å². The minimum absolute atomic E-state index is 0.353. The molecule has 0 spiro atoms. The Morgan fingerprint density at radius 1 is 1.38 bits per heavy atom. The molecule has 3 heterocycles. The SMILES string of the molecule is CS(=O)(=O)Nc1ccc2c(c1)nc1n2CCN(CC2CCCO2)C1. The van der Waals surface area contributed by atoms with Gasteiger partial charge in [0.25, 0.3) is 0 Å². The van der Waals surface area contributed by atoms with E-state index >= 15 is 0 Å². The molecular formula is C16H22N4O3S. The van der Waals surface area contributed by atoms with Crippen molar-refractivity contribution >= 4 is 26.7 Å². The van der Waals surface area contributed by atoms with Gasteiger partial charge in [-0.3, -0.25) is 9.62 Å². The number of imidazole rings is 1. The van der Waals surface area contributed by atoms with Gasteiger partial charge in [-0.25, -0.2) is 13.4 Å². The zero-order chi connectivity index (χ0) is 16.7. The second-order valence-corrected chi connectivity index (χ2v) is 8.38. The summed E-state index contributed by atoms with van der Waals surface area (Å²) in [6.07, 6.45) is 3.81. The Morgan fingerprint density at radius 3 is 3.00 bits per heavy atom. The first-order chi connectivity index (χ1) is 11.5. The Balaban J connectivity index is 1.56. The van der Waals surface area contributed by atoms with Crippen molar-refractivity contribution in [2.24, 2.45) is 0 Å². The summed E-state index contributed by atoms with van der Waals surface area (Å²) >= 11 is 0. The van der Waals surface area contributed by atoms with E-state index in [1.165, 1.54) is 0 Å². The molecule has 8 heteroatoms. The quantitative estimate of drug-likeness (QED) is 0.902. The van der Waals surface area contributed by atoms with Gasteiger partial charge in [0.05, 0.1) is 35.6 Å². The number of hydrogen-bond donors (Lipinski definition) is 1. The van der Waals surface area contributed by atoms with Crippen molar-refractivity contribution in [3.05, 3.63) is 24.0 Å². The maximum Gasteiger partial charge on any atom is 0.229 e. The van der Waals surface area contributed by atoms with Crippen LogP contribution in [0.15, 0.2) is 18.2 Å². The van der Waals surface area contributed by atoms with Gasteiger partial charge in [-0.05, 0) is 31.0 Å². The molecular weight excluding hydrogens is 328 g/mol. The van der Waals surface area contributed by atoms with Gasteiger partial charge in [0.1, 0.15) is 5.82 Å². The maximum absolute atomic E-state index is 11.4. The number of rotatable bonds is 4. The molecule has 4 rings (SSSR count). The first-order valence-electron chi connectivity index (χ1n) is 8.29. The molecule has 130 valence electrons. The highest BCUT2D eigenvalue weighted by molar-refractivity contribution is 7.92. The highest BCUT2D eigenvalue weighted by Crippen LogP contribution is 2.25. The minimum Gasteiger partial charge on any atom is -0.377 e. The third-order valence-electron chi connectivity index (χ3n) is 4.62. The third-order valence-corrected chi connectivity index (χ3v) is 5.23. The number of nitrogens with one attached hydrogen (secondary N) is 1. The molecule has 1 saturated heterocycles. The van der Waals surface area contributed by atoms with Crippen molar-refractivity contribution in [3.63, 3.8) is 0 Å². The normalized spacial score (nSPS) is 22.0. The van der Waals surface area contributed by atoms with Gasteiger partial charge in [0, 0.05) is 26.2 Å². The fraction of sp³-hybridized carbons (Fsp3) is 0.562. The molecule has 2 aromatic rings. The largest absolute Gasteiger partial charge is 0.377 e. The van der Waals surface area contributed by atoms with Crippen LogP contribution >= 0.6 is 0 Å². The van der Waals surface area contributed by atoms with Crippen LogP contribution < -0.4 is 4.72 Å². The van der Waals surface area contributed by atoms with Gasteiger partial charge in [0.15, 0.2) is 0 Å². The molecule has 1 fully saturated rings. The molecule has 2 aliphatic heterocycles. The number of ether oxygens (including phenoxy) is 1. The Bertz CT molecular complexity index is 856. The second kappa shape index (κ2) is 6.02. The lowest BCUT2D eigenvalue weighted by Gasteiger charge is -2.29. The van der Waals surface area contributed by atoms with Gasteiger partial charge < -0.3 is 9.30 Å². The smallest absolute Gasteiger partial charge is 0.229 e. The molecule has 1 atom stereocenters. The summed E-state index contributed by atoms with van der Waals surface area (Å²) in [6.45, 7) is 4.54. The molecule has 1 aromatic heterocycles. The summed E-state index contributed by atoms with van der Waals surface area (Å²) < 4.78 is 33.2. The van der Waals surface area contributed by atoms with Crippen LogP contribution in [-0.4, -0.2) is 54.9 Å². The van der Waals surface area contributed by atoms with Gasteiger partial charge >= 0.3 is 0 Å². The summed E-state index contributed by atoms with van der Waals surface area (Å²) in [5, 5.41) is 0. The van der Waals surface area contributed by atoms with Crippen LogP contribution in [0.2, 0.25) is 0 Å². The Morgan fingerprint density at radius 2 is 2.25 bits per heavy atom. The van der Waals surface area contributed by atoms with Crippen LogP contribution in [0.1, 0.15) is 18.7 Å². The van der Waals surface area contributed by atoms with Crippen molar-refractivity contribution in [2.75, 3.05) is 30.7 Å². The zero-order valence-corrected chi connectivity index (χ0v) is 14.6. The fourth-order valence-corrected chi connectivity index (χ4v) is 4.14. The lowest BCUT2D eigenvalue weighted by molar-refractivity contribution is 0.0636. The Labute approximate surface area is 141 Å². The van der Waals surface area contributed by atoms with E-state index in [2.05, 4.69) is 14.2 Å². The van der Waals surface area contributed by atoms with Crippen LogP contribution in [0.4, 0.5) is 5.69 Å². The second-order valence-electron chi connectivity index (χ2n) is 6.63. The van der Waals surface area contributed by atoms with Crippen molar-refractivity contribution in [1.29, 1.82) is 0 Å². The molecule has 0 radical (unpaired) electrons. The summed E-state index contributed by atoms with van der Waals surface area (Å²) in [5.74, 6) is 1.03. The number of aromatic nitrogens is 2. The van der Waals surface area contributed by atoms with E-state index in [-0.39, 0.29) is 0 Å². The van der Waals surface area contributed by atoms with E-state index in [1.807, 2.05) is 6.07 Å².